The monoisotopic (exact) mass is 325 g/mol. The van der Waals surface area contributed by atoms with Crippen LogP contribution < -0.4 is 0 Å². The van der Waals surface area contributed by atoms with Gasteiger partial charge in [-0.3, -0.25) is 0 Å². The van der Waals surface area contributed by atoms with Gasteiger partial charge in [-0.25, -0.2) is 0 Å². The van der Waals surface area contributed by atoms with Crippen LogP contribution in [0.4, 0.5) is 0 Å². The van der Waals surface area contributed by atoms with E-state index in [1.165, 1.54) is 18.4 Å². The zero-order valence-electron chi connectivity index (χ0n) is 15.4. The van der Waals surface area contributed by atoms with E-state index in [0.29, 0.717) is 6.61 Å². The van der Waals surface area contributed by atoms with Crippen molar-refractivity contribution in [3.8, 4) is 0 Å². The maximum Gasteiger partial charge on any atom is 0.125 e. The number of benzene rings is 1. The van der Waals surface area contributed by atoms with E-state index >= 15 is 0 Å². The highest BCUT2D eigenvalue weighted by molar-refractivity contribution is 5.13. The molecule has 0 unspecified atom stereocenters. The Bertz CT molecular complexity index is 321. The molecule has 1 aromatic rings. The lowest BCUT2D eigenvalue weighted by Gasteiger charge is -1.91. The Morgan fingerprint density at radius 2 is 1.48 bits per heavy atom. The van der Waals surface area contributed by atoms with Crippen molar-refractivity contribution in [3.05, 3.63) is 46.3 Å². The van der Waals surface area contributed by atoms with E-state index < -0.39 is 0 Å². The number of azide groups is 1. The van der Waals surface area contributed by atoms with Crippen molar-refractivity contribution in [2.75, 3.05) is 13.3 Å². The molecule has 23 heavy (non-hydrogen) atoms. The molecule has 0 spiro atoms. The predicted molar refractivity (Wildman–Crippen MR) is 105 cm³/mol. The molecule has 0 bridgehead atoms. The SMILES string of the molecule is C.CC.CCCC.CCCOCN=[N+]=[N-].CCc1ccccc1. The van der Waals surface area contributed by atoms with Gasteiger partial charge in [-0.1, -0.05) is 97.3 Å². The fraction of sp³-hybridized carbons (Fsp3) is 0.684. The summed E-state index contributed by atoms with van der Waals surface area (Å²) in [5.74, 6) is 0. The molecule has 0 aliphatic heterocycles. The third kappa shape index (κ3) is 33.4. The van der Waals surface area contributed by atoms with E-state index in [-0.39, 0.29) is 14.2 Å². The Morgan fingerprint density at radius 1 is 0.957 bits per heavy atom. The third-order valence-corrected chi connectivity index (χ3v) is 2.31. The molecule has 0 aliphatic carbocycles. The predicted octanol–water partition coefficient (Wildman–Crippen LogP) is 7.40. The summed E-state index contributed by atoms with van der Waals surface area (Å²) in [6.07, 6.45) is 4.74. The number of ether oxygens (including phenoxy) is 1. The zero-order chi connectivity index (χ0) is 17.5. The molecule has 136 valence electrons. The number of unbranched alkanes of at least 4 members (excludes halogenated alkanes) is 1. The average Bonchev–Trinajstić information content (AvgIpc) is 2.62. The van der Waals surface area contributed by atoms with Crippen LogP contribution in [-0.4, -0.2) is 13.3 Å². The second kappa shape index (κ2) is 32.4. The Balaban J connectivity index is -0.000000115. The largest absolute Gasteiger partial charge is 0.375 e. The lowest BCUT2D eigenvalue weighted by molar-refractivity contribution is 0.142. The van der Waals surface area contributed by atoms with E-state index in [1.54, 1.807) is 0 Å². The molecule has 0 atom stereocenters. The van der Waals surface area contributed by atoms with Gasteiger partial charge in [0.25, 0.3) is 0 Å². The van der Waals surface area contributed by atoms with E-state index in [1.807, 2.05) is 26.8 Å². The van der Waals surface area contributed by atoms with Crippen molar-refractivity contribution in [1.82, 2.24) is 0 Å². The van der Waals surface area contributed by atoms with E-state index in [9.17, 15) is 0 Å². The number of hydrogen-bond acceptors (Lipinski definition) is 2. The van der Waals surface area contributed by atoms with Crippen molar-refractivity contribution >= 4 is 0 Å². The molecule has 0 amide bonds. The van der Waals surface area contributed by atoms with Crippen LogP contribution in [-0.2, 0) is 11.2 Å². The summed E-state index contributed by atoms with van der Waals surface area (Å²) >= 11 is 0. The minimum atomic E-state index is 0. The number of nitrogens with zero attached hydrogens (tertiary/aromatic N) is 3. The third-order valence-electron chi connectivity index (χ3n) is 2.31. The van der Waals surface area contributed by atoms with Crippen molar-refractivity contribution in [2.24, 2.45) is 5.11 Å². The van der Waals surface area contributed by atoms with Crippen LogP contribution in [0.1, 0.15) is 73.8 Å². The first-order valence-corrected chi connectivity index (χ1v) is 8.39. The number of hydrogen-bond donors (Lipinski definition) is 0. The molecule has 0 aromatic heterocycles. The van der Waals surface area contributed by atoms with Crippen LogP contribution in [0.25, 0.3) is 10.4 Å². The highest BCUT2D eigenvalue weighted by atomic mass is 16.5. The summed E-state index contributed by atoms with van der Waals surface area (Å²) in [5.41, 5.74) is 9.15. The summed E-state index contributed by atoms with van der Waals surface area (Å²) in [6, 6.07) is 10.5. The van der Waals surface area contributed by atoms with Crippen LogP contribution in [0.5, 0.6) is 0 Å². The Hall–Kier alpha value is -1.51. The van der Waals surface area contributed by atoms with Gasteiger partial charge in [-0.05, 0) is 23.9 Å². The van der Waals surface area contributed by atoms with Gasteiger partial charge in [0.05, 0.1) is 0 Å². The van der Waals surface area contributed by atoms with Gasteiger partial charge in [-0.15, -0.1) is 0 Å². The first kappa shape index (κ1) is 29.5. The summed E-state index contributed by atoms with van der Waals surface area (Å²) in [5, 5.41) is 3.17. The molecule has 4 heteroatoms. The van der Waals surface area contributed by atoms with Gasteiger partial charge < -0.3 is 4.74 Å². The molecule has 0 heterocycles. The fourth-order valence-electron chi connectivity index (χ4n) is 0.989. The topological polar surface area (TPSA) is 58.0 Å². The summed E-state index contributed by atoms with van der Waals surface area (Å²) < 4.78 is 4.80. The van der Waals surface area contributed by atoms with Crippen molar-refractivity contribution in [2.45, 2.75) is 74.7 Å². The maximum absolute atomic E-state index is 7.74. The van der Waals surface area contributed by atoms with Crippen molar-refractivity contribution in [3.63, 3.8) is 0 Å². The first-order chi connectivity index (χ1) is 10.8. The van der Waals surface area contributed by atoms with Crippen LogP contribution in [0.15, 0.2) is 35.4 Å². The molecule has 1 rings (SSSR count). The van der Waals surface area contributed by atoms with Gasteiger partial charge in [0.2, 0.25) is 0 Å². The smallest absolute Gasteiger partial charge is 0.125 e. The van der Waals surface area contributed by atoms with Gasteiger partial charge in [0, 0.05) is 11.5 Å². The van der Waals surface area contributed by atoms with E-state index in [4.69, 9.17) is 10.3 Å². The lowest BCUT2D eigenvalue weighted by atomic mass is 10.2. The molecule has 4 nitrogen and oxygen atoms in total. The summed E-state index contributed by atoms with van der Waals surface area (Å²) in [6.45, 7) is 13.3. The van der Waals surface area contributed by atoms with Crippen molar-refractivity contribution in [1.29, 1.82) is 0 Å². The van der Waals surface area contributed by atoms with Crippen LogP contribution in [0, 0.1) is 0 Å². The summed E-state index contributed by atoms with van der Waals surface area (Å²) in [7, 11) is 0. The molecule has 0 N–H and O–H groups in total. The van der Waals surface area contributed by atoms with Crippen LogP contribution in [0.2, 0.25) is 0 Å². The fourth-order valence-corrected chi connectivity index (χ4v) is 0.989. The van der Waals surface area contributed by atoms with E-state index in [2.05, 4.69) is 55.1 Å². The second-order valence-electron chi connectivity index (χ2n) is 4.11. The molecular formula is C19H39N3O. The highest BCUT2D eigenvalue weighted by Crippen LogP contribution is 1.96. The highest BCUT2D eigenvalue weighted by Gasteiger charge is 1.80. The number of rotatable bonds is 6. The van der Waals surface area contributed by atoms with Crippen molar-refractivity contribution < 1.29 is 4.74 Å². The van der Waals surface area contributed by atoms with E-state index in [0.717, 1.165) is 12.8 Å². The normalized spacial score (nSPS) is 7.57. The second-order valence-corrected chi connectivity index (χ2v) is 4.11. The Morgan fingerprint density at radius 3 is 1.78 bits per heavy atom. The van der Waals surface area contributed by atoms with Crippen LogP contribution in [0.3, 0.4) is 0 Å². The van der Waals surface area contributed by atoms with Gasteiger partial charge in [0.1, 0.15) is 6.73 Å². The molecule has 0 radical (unpaired) electrons. The maximum atomic E-state index is 7.74. The molecule has 0 fully saturated rings. The molecule has 0 saturated heterocycles. The lowest BCUT2D eigenvalue weighted by Crippen LogP contribution is -1.90. The Labute approximate surface area is 144 Å². The molecule has 0 saturated carbocycles. The minimum Gasteiger partial charge on any atom is -0.375 e. The molecule has 0 aliphatic rings. The average molecular weight is 326 g/mol. The number of aryl methyl sites for hydroxylation is 1. The van der Waals surface area contributed by atoms with Gasteiger partial charge >= 0.3 is 0 Å². The standard InChI is InChI=1S/C8H10.C4H9N3O.C4H10.C2H6.CH4/c1-2-8-6-4-3-5-7-8;1-2-3-8-4-6-7-5;1-3-4-2;1-2;/h3-7H,2H2,1H3;2-4H2,1H3;3-4H2,1-2H3;1-2H3;1H4. The molecule has 1 aromatic carbocycles. The first-order valence-electron chi connectivity index (χ1n) is 8.39. The summed E-state index contributed by atoms with van der Waals surface area (Å²) in [4.78, 5) is 2.51. The Kier molecular flexibility index (Phi) is 41.6. The quantitative estimate of drug-likeness (QED) is 0.232. The van der Waals surface area contributed by atoms with Gasteiger partial charge in [-0.2, -0.15) is 0 Å². The van der Waals surface area contributed by atoms with Crippen LogP contribution >= 0.6 is 0 Å². The van der Waals surface area contributed by atoms with Gasteiger partial charge in [0.15, 0.2) is 0 Å². The molecular weight excluding hydrogens is 286 g/mol. The minimum absolute atomic E-state index is 0. The zero-order valence-corrected chi connectivity index (χ0v) is 15.4.